The van der Waals surface area contributed by atoms with Gasteiger partial charge in [-0.3, -0.25) is 9.69 Å². The molecule has 0 spiro atoms. The van der Waals surface area contributed by atoms with Gasteiger partial charge in [-0.2, -0.15) is 5.26 Å². The van der Waals surface area contributed by atoms with Gasteiger partial charge < -0.3 is 9.47 Å². The first-order valence-corrected chi connectivity index (χ1v) is 11.2. The minimum absolute atomic E-state index is 0.0439. The predicted molar refractivity (Wildman–Crippen MR) is 127 cm³/mol. The van der Waals surface area contributed by atoms with Crippen molar-refractivity contribution in [3.8, 4) is 11.8 Å². The molecule has 5 rings (SSSR count). The lowest BCUT2D eigenvalue weighted by atomic mass is 9.93. The molecule has 1 heterocycles. The van der Waals surface area contributed by atoms with Gasteiger partial charge in [0, 0.05) is 36.3 Å². The molecule has 3 aromatic rings. The topological polar surface area (TPSA) is 62.6 Å². The number of carbonyl (C=O) groups is 1. The molecular weight excluding hydrogens is 412 g/mol. The maximum absolute atomic E-state index is 13.6. The molecule has 2 aliphatic rings. The van der Waals surface area contributed by atoms with Crippen molar-refractivity contribution in [3.05, 3.63) is 101 Å². The number of morpholine rings is 1. The van der Waals surface area contributed by atoms with Gasteiger partial charge in [0.1, 0.15) is 12.4 Å². The largest absolute Gasteiger partial charge is 0.492 e. The van der Waals surface area contributed by atoms with Gasteiger partial charge in [-0.25, -0.2) is 0 Å². The third kappa shape index (κ3) is 4.31. The average molecular weight is 437 g/mol. The Labute approximate surface area is 193 Å². The highest BCUT2D eigenvalue weighted by molar-refractivity contribution is 6.41. The fourth-order valence-corrected chi connectivity index (χ4v) is 4.44. The van der Waals surface area contributed by atoms with Crippen LogP contribution in [0.3, 0.4) is 0 Å². The monoisotopic (exact) mass is 436 g/mol. The number of nitriles is 1. The van der Waals surface area contributed by atoms with E-state index in [1.54, 1.807) is 12.1 Å². The smallest absolute Gasteiger partial charge is 0.195 e. The van der Waals surface area contributed by atoms with Crippen LogP contribution in [0.2, 0.25) is 0 Å². The van der Waals surface area contributed by atoms with Crippen LogP contribution in [0.25, 0.3) is 11.1 Å². The van der Waals surface area contributed by atoms with Crippen molar-refractivity contribution in [2.24, 2.45) is 0 Å². The number of ether oxygens (including phenoxy) is 2. The summed E-state index contributed by atoms with van der Waals surface area (Å²) in [4.78, 5) is 16.0. The van der Waals surface area contributed by atoms with E-state index in [4.69, 9.17) is 9.47 Å². The van der Waals surface area contributed by atoms with Crippen molar-refractivity contribution in [1.82, 2.24) is 4.90 Å². The molecule has 164 valence electrons. The Balaban J connectivity index is 1.47. The van der Waals surface area contributed by atoms with Crippen LogP contribution in [-0.2, 0) is 4.74 Å². The highest BCUT2D eigenvalue weighted by Gasteiger charge is 2.32. The molecule has 0 unspecified atom stereocenters. The molecule has 0 atom stereocenters. The molecule has 5 heteroatoms. The van der Waals surface area contributed by atoms with E-state index in [0.29, 0.717) is 29.1 Å². The van der Waals surface area contributed by atoms with E-state index >= 15 is 0 Å². The second-order valence-corrected chi connectivity index (χ2v) is 8.15. The first kappa shape index (κ1) is 21.1. The first-order chi connectivity index (χ1) is 16.2. The Hall–Kier alpha value is -3.72. The fourth-order valence-electron chi connectivity index (χ4n) is 4.44. The van der Waals surface area contributed by atoms with E-state index in [2.05, 4.69) is 11.0 Å². The first-order valence-electron chi connectivity index (χ1n) is 11.2. The highest BCUT2D eigenvalue weighted by Crippen LogP contribution is 2.43. The van der Waals surface area contributed by atoms with Crippen molar-refractivity contribution in [1.29, 1.82) is 5.26 Å². The van der Waals surface area contributed by atoms with Crippen molar-refractivity contribution >= 4 is 16.9 Å². The number of rotatable bonds is 6. The zero-order chi connectivity index (χ0) is 22.6. The summed E-state index contributed by atoms with van der Waals surface area (Å²) in [5.41, 5.74) is 5.30. The molecule has 3 aromatic carbocycles. The number of carbonyl (C=O) groups excluding carboxylic acids is 1. The van der Waals surface area contributed by atoms with Crippen LogP contribution in [0.4, 0.5) is 0 Å². The number of Topliss-reactive ketones (excluding diaryl/α,β-unsaturated/α-hetero) is 1. The summed E-state index contributed by atoms with van der Waals surface area (Å²) >= 11 is 0. The Bertz CT molecular complexity index is 1250. The zero-order valence-corrected chi connectivity index (χ0v) is 18.3. The minimum Gasteiger partial charge on any atom is -0.492 e. The van der Waals surface area contributed by atoms with E-state index in [-0.39, 0.29) is 5.78 Å². The van der Waals surface area contributed by atoms with Crippen LogP contribution in [0.5, 0.6) is 5.75 Å². The normalized spacial score (nSPS) is 15.9. The fraction of sp³-hybridized carbons (Fsp3) is 0.214. The quantitative estimate of drug-likeness (QED) is 0.572. The number of nitrogens with zero attached hydrogens (tertiary/aromatic N) is 2. The molecule has 0 N–H and O–H groups in total. The molecule has 1 saturated heterocycles. The molecule has 1 aliphatic carbocycles. The summed E-state index contributed by atoms with van der Waals surface area (Å²) in [7, 11) is 0. The van der Waals surface area contributed by atoms with Gasteiger partial charge in [-0.1, -0.05) is 42.5 Å². The van der Waals surface area contributed by atoms with Crippen LogP contribution in [-0.4, -0.2) is 50.1 Å². The molecule has 1 aliphatic heterocycles. The molecule has 0 aromatic heterocycles. The molecule has 33 heavy (non-hydrogen) atoms. The third-order valence-corrected chi connectivity index (χ3v) is 6.10. The second-order valence-electron chi connectivity index (χ2n) is 8.15. The van der Waals surface area contributed by atoms with E-state index < -0.39 is 0 Å². The summed E-state index contributed by atoms with van der Waals surface area (Å²) in [6.45, 7) is 4.74. The summed E-state index contributed by atoms with van der Waals surface area (Å²) in [5.74, 6) is 0.646. The van der Waals surface area contributed by atoms with Crippen molar-refractivity contribution in [2.45, 2.75) is 0 Å². The Morgan fingerprint density at radius 3 is 2.45 bits per heavy atom. The lowest BCUT2D eigenvalue weighted by Gasteiger charge is -2.26. The maximum atomic E-state index is 13.6. The number of fused-ring (bicyclic) bond motifs is 1. The number of hydrogen-bond donors (Lipinski definition) is 0. The molecule has 0 saturated carbocycles. The molecule has 1 fully saturated rings. The van der Waals surface area contributed by atoms with Crippen LogP contribution >= 0.6 is 0 Å². The molecule has 0 bridgehead atoms. The van der Waals surface area contributed by atoms with E-state index in [1.165, 1.54) is 0 Å². The van der Waals surface area contributed by atoms with Gasteiger partial charge >= 0.3 is 0 Å². The molecule has 5 nitrogen and oxygen atoms in total. The van der Waals surface area contributed by atoms with Gasteiger partial charge in [0.05, 0.1) is 24.8 Å². The third-order valence-electron chi connectivity index (χ3n) is 6.10. The maximum Gasteiger partial charge on any atom is 0.195 e. The van der Waals surface area contributed by atoms with Crippen molar-refractivity contribution < 1.29 is 14.3 Å². The Morgan fingerprint density at radius 1 is 0.879 bits per heavy atom. The van der Waals surface area contributed by atoms with E-state index in [9.17, 15) is 10.1 Å². The van der Waals surface area contributed by atoms with Crippen molar-refractivity contribution in [3.63, 3.8) is 0 Å². The van der Waals surface area contributed by atoms with Gasteiger partial charge in [-0.15, -0.1) is 0 Å². The van der Waals surface area contributed by atoms with E-state index in [0.717, 1.165) is 55.1 Å². The predicted octanol–water partition coefficient (Wildman–Crippen LogP) is 4.42. The standard InChI is InChI=1S/C28H24N2O3/c29-19-20-5-4-8-22(17-20)27-26(21-6-2-1-3-7-21)24-10-9-23(18-25(24)28(27)31)33-16-13-30-11-14-32-15-12-30/h1-10,17-18H,11-16H2. The van der Waals surface area contributed by atoms with Crippen LogP contribution in [0.15, 0.2) is 72.8 Å². The Kier molecular flexibility index (Phi) is 6.03. The molecule has 0 amide bonds. The summed E-state index contributed by atoms with van der Waals surface area (Å²) in [6.07, 6.45) is 0. The number of hydrogen-bond acceptors (Lipinski definition) is 5. The van der Waals surface area contributed by atoms with Crippen molar-refractivity contribution in [2.75, 3.05) is 39.5 Å². The molecule has 0 radical (unpaired) electrons. The van der Waals surface area contributed by atoms with Gasteiger partial charge in [-0.05, 0) is 47.0 Å². The average Bonchev–Trinajstić information content (AvgIpc) is 3.17. The Morgan fingerprint density at radius 2 is 1.67 bits per heavy atom. The summed E-state index contributed by atoms with van der Waals surface area (Å²) in [6, 6.07) is 25.1. The highest BCUT2D eigenvalue weighted by atomic mass is 16.5. The lowest BCUT2D eigenvalue weighted by molar-refractivity contribution is 0.0322. The second kappa shape index (κ2) is 9.41. The van der Waals surface area contributed by atoms with E-state index in [1.807, 2.05) is 60.7 Å². The number of ketones is 1. The number of allylic oxidation sites excluding steroid dienone is 1. The molecular formula is C28H24N2O3. The van der Waals surface area contributed by atoms with Crippen LogP contribution in [0, 0.1) is 11.3 Å². The van der Waals surface area contributed by atoms with Gasteiger partial charge in [0.15, 0.2) is 5.78 Å². The minimum atomic E-state index is -0.0439. The number of benzene rings is 3. The zero-order valence-electron chi connectivity index (χ0n) is 18.3. The van der Waals surface area contributed by atoms with Crippen LogP contribution in [0.1, 0.15) is 32.6 Å². The van der Waals surface area contributed by atoms with Crippen LogP contribution < -0.4 is 4.74 Å². The lowest BCUT2D eigenvalue weighted by Crippen LogP contribution is -2.38. The summed E-state index contributed by atoms with van der Waals surface area (Å²) < 4.78 is 11.4. The summed E-state index contributed by atoms with van der Waals surface area (Å²) in [5, 5.41) is 9.36. The SMILES string of the molecule is N#Cc1cccc(C2=C(c3ccccc3)c3ccc(OCCN4CCOCC4)cc3C2=O)c1. The van der Waals surface area contributed by atoms with Gasteiger partial charge in [0.2, 0.25) is 0 Å². The van der Waals surface area contributed by atoms with Gasteiger partial charge in [0.25, 0.3) is 0 Å².